The van der Waals surface area contributed by atoms with Gasteiger partial charge in [-0.15, -0.1) is 0 Å². The molecule has 1 aromatic heterocycles. The Labute approximate surface area is 98.8 Å². The van der Waals surface area contributed by atoms with Gasteiger partial charge in [-0.3, -0.25) is 10.1 Å². The van der Waals surface area contributed by atoms with Gasteiger partial charge in [-0.1, -0.05) is 11.6 Å². The summed E-state index contributed by atoms with van der Waals surface area (Å²) in [7, 11) is 1.54. The number of anilines is 1. The summed E-state index contributed by atoms with van der Waals surface area (Å²) in [6, 6.07) is 5.44. The van der Waals surface area contributed by atoms with E-state index < -0.39 is 0 Å². The van der Waals surface area contributed by atoms with E-state index in [9.17, 15) is 4.79 Å². The average Bonchev–Trinajstić information content (AvgIpc) is 2.81. The van der Waals surface area contributed by atoms with Crippen molar-refractivity contribution in [3.8, 4) is 5.75 Å². The fraction of sp³-hybridized carbons (Fsp3) is 0.167. The van der Waals surface area contributed by atoms with Crippen LogP contribution in [-0.2, 0) is 0 Å². The van der Waals surface area contributed by atoms with Gasteiger partial charge in [0, 0.05) is 12.4 Å². The van der Waals surface area contributed by atoms with Crippen molar-refractivity contribution in [2.45, 2.75) is 6.92 Å². The number of nitrogens with one attached hydrogen (secondary N) is 2. The number of hydrogen-bond donors (Lipinski definition) is 2. The number of imidazole rings is 1. The number of methoxy groups -OCH3 is 1. The van der Waals surface area contributed by atoms with Gasteiger partial charge >= 0.3 is 0 Å². The summed E-state index contributed by atoms with van der Waals surface area (Å²) in [6.45, 7) is 1.92. The Morgan fingerprint density at radius 1 is 1.47 bits per heavy atom. The van der Waals surface area contributed by atoms with Crippen LogP contribution < -0.4 is 10.1 Å². The summed E-state index contributed by atoms with van der Waals surface area (Å²) in [4.78, 5) is 18.7. The molecule has 0 aliphatic carbocycles. The highest BCUT2D eigenvalue weighted by atomic mass is 16.5. The number of hydrogen-bond acceptors (Lipinski definition) is 3. The van der Waals surface area contributed by atoms with Gasteiger partial charge < -0.3 is 9.72 Å². The lowest BCUT2D eigenvalue weighted by atomic mass is 10.1. The van der Waals surface area contributed by atoms with Gasteiger partial charge in [0.2, 0.25) is 5.95 Å². The Bertz CT molecular complexity index is 521. The van der Waals surface area contributed by atoms with E-state index in [0.717, 1.165) is 5.56 Å². The molecule has 0 saturated carbocycles. The first-order valence-electron chi connectivity index (χ1n) is 5.16. The van der Waals surface area contributed by atoms with E-state index in [1.807, 2.05) is 13.0 Å². The zero-order chi connectivity index (χ0) is 12.3. The normalized spacial score (nSPS) is 10.0. The van der Waals surface area contributed by atoms with Crippen LogP contribution in [0.4, 0.5) is 5.95 Å². The van der Waals surface area contributed by atoms with Crippen molar-refractivity contribution in [1.82, 2.24) is 9.97 Å². The first-order valence-corrected chi connectivity index (χ1v) is 5.16. The van der Waals surface area contributed by atoms with E-state index in [0.29, 0.717) is 17.3 Å². The number of aromatic nitrogens is 2. The molecule has 2 N–H and O–H groups in total. The maximum absolute atomic E-state index is 12.0. The first-order chi connectivity index (χ1) is 8.20. The molecule has 0 radical (unpaired) electrons. The number of nitrogens with zero attached hydrogens (tertiary/aromatic N) is 1. The second-order valence-electron chi connectivity index (χ2n) is 3.60. The highest BCUT2D eigenvalue weighted by Gasteiger charge is 2.13. The zero-order valence-corrected chi connectivity index (χ0v) is 9.65. The van der Waals surface area contributed by atoms with Gasteiger partial charge in [-0.2, -0.15) is 0 Å². The molecule has 0 aliphatic rings. The largest absolute Gasteiger partial charge is 0.496 e. The van der Waals surface area contributed by atoms with Crippen LogP contribution in [0.1, 0.15) is 15.9 Å². The second kappa shape index (κ2) is 4.69. The number of H-pyrrole nitrogens is 1. The third-order valence-corrected chi connectivity index (χ3v) is 2.33. The molecule has 0 atom stereocenters. The molecule has 0 saturated heterocycles. The Balaban J connectivity index is 2.26. The smallest absolute Gasteiger partial charge is 0.261 e. The number of amides is 1. The molecular formula is C12H13N3O2. The molecule has 0 bridgehead atoms. The molecule has 17 heavy (non-hydrogen) atoms. The summed E-state index contributed by atoms with van der Waals surface area (Å²) in [5.74, 6) is 0.707. The van der Waals surface area contributed by atoms with Crippen LogP contribution in [0.3, 0.4) is 0 Å². The molecule has 1 amide bonds. The lowest BCUT2D eigenvalue weighted by Crippen LogP contribution is -2.14. The summed E-state index contributed by atoms with van der Waals surface area (Å²) in [5.41, 5.74) is 1.49. The van der Waals surface area contributed by atoms with Crippen LogP contribution >= 0.6 is 0 Å². The molecule has 1 aromatic carbocycles. The summed E-state index contributed by atoms with van der Waals surface area (Å²) >= 11 is 0. The molecule has 0 fully saturated rings. The molecule has 2 aromatic rings. The van der Waals surface area contributed by atoms with Crippen molar-refractivity contribution < 1.29 is 9.53 Å². The van der Waals surface area contributed by atoms with Gasteiger partial charge in [0.15, 0.2) is 0 Å². The quantitative estimate of drug-likeness (QED) is 0.848. The number of rotatable bonds is 3. The van der Waals surface area contributed by atoms with Crippen molar-refractivity contribution >= 4 is 11.9 Å². The summed E-state index contributed by atoms with van der Waals surface area (Å²) in [5, 5.41) is 2.65. The van der Waals surface area contributed by atoms with Crippen molar-refractivity contribution in [2.24, 2.45) is 0 Å². The fourth-order valence-corrected chi connectivity index (χ4v) is 1.51. The highest BCUT2D eigenvalue weighted by molar-refractivity contribution is 6.05. The molecule has 1 heterocycles. The van der Waals surface area contributed by atoms with Crippen LogP contribution in [0.5, 0.6) is 5.75 Å². The standard InChI is InChI=1S/C12H13N3O2/c1-8-3-4-10(17-2)9(7-8)11(16)15-12-13-5-6-14-12/h3-7H,1-2H3,(H2,13,14,15,16). The van der Waals surface area contributed by atoms with E-state index in [1.54, 1.807) is 24.5 Å². The van der Waals surface area contributed by atoms with Crippen LogP contribution in [0.25, 0.3) is 0 Å². The number of ether oxygens (including phenoxy) is 1. The van der Waals surface area contributed by atoms with Crippen LogP contribution in [-0.4, -0.2) is 23.0 Å². The van der Waals surface area contributed by atoms with Crippen molar-refractivity contribution in [3.05, 3.63) is 41.7 Å². The van der Waals surface area contributed by atoms with E-state index in [4.69, 9.17) is 4.74 Å². The van der Waals surface area contributed by atoms with E-state index in [2.05, 4.69) is 15.3 Å². The Kier molecular flexibility index (Phi) is 3.09. The topological polar surface area (TPSA) is 67.0 Å². The minimum atomic E-state index is -0.250. The SMILES string of the molecule is COc1ccc(C)cc1C(=O)Nc1ncc[nH]1. The Hall–Kier alpha value is -2.30. The minimum absolute atomic E-state index is 0.250. The second-order valence-corrected chi connectivity index (χ2v) is 3.60. The molecule has 5 heteroatoms. The fourth-order valence-electron chi connectivity index (χ4n) is 1.51. The Morgan fingerprint density at radius 3 is 2.94 bits per heavy atom. The maximum Gasteiger partial charge on any atom is 0.261 e. The van der Waals surface area contributed by atoms with E-state index in [1.165, 1.54) is 7.11 Å². The molecule has 5 nitrogen and oxygen atoms in total. The molecule has 2 rings (SSSR count). The number of carbonyl (C=O) groups excluding carboxylic acids is 1. The molecule has 0 spiro atoms. The maximum atomic E-state index is 12.0. The number of carbonyl (C=O) groups is 1. The molecule has 0 aliphatic heterocycles. The minimum Gasteiger partial charge on any atom is -0.496 e. The predicted octanol–water partition coefficient (Wildman–Crippen LogP) is 1.98. The van der Waals surface area contributed by atoms with Crippen LogP contribution in [0.15, 0.2) is 30.6 Å². The third kappa shape index (κ3) is 2.44. The van der Waals surface area contributed by atoms with Crippen LogP contribution in [0, 0.1) is 6.92 Å². The molecule has 0 unspecified atom stereocenters. The lowest BCUT2D eigenvalue weighted by Gasteiger charge is -2.08. The summed E-state index contributed by atoms with van der Waals surface area (Å²) in [6.07, 6.45) is 3.21. The van der Waals surface area contributed by atoms with Crippen molar-refractivity contribution in [2.75, 3.05) is 12.4 Å². The van der Waals surface area contributed by atoms with Gasteiger partial charge in [0.25, 0.3) is 5.91 Å². The lowest BCUT2D eigenvalue weighted by molar-refractivity contribution is 0.102. The van der Waals surface area contributed by atoms with Gasteiger partial charge in [0.05, 0.1) is 12.7 Å². The monoisotopic (exact) mass is 231 g/mol. The third-order valence-electron chi connectivity index (χ3n) is 2.33. The highest BCUT2D eigenvalue weighted by Crippen LogP contribution is 2.20. The van der Waals surface area contributed by atoms with E-state index in [-0.39, 0.29) is 5.91 Å². The Morgan fingerprint density at radius 2 is 2.29 bits per heavy atom. The van der Waals surface area contributed by atoms with Gasteiger partial charge in [-0.25, -0.2) is 4.98 Å². The number of aromatic amines is 1. The average molecular weight is 231 g/mol. The van der Waals surface area contributed by atoms with Gasteiger partial charge in [-0.05, 0) is 19.1 Å². The molecule has 88 valence electrons. The summed E-state index contributed by atoms with van der Waals surface area (Å²) < 4.78 is 5.15. The zero-order valence-electron chi connectivity index (χ0n) is 9.65. The van der Waals surface area contributed by atoms with Crippen molar-refractivity contribution in [3.63, 3.8) is 0 Å². The van der Waals surface area contributed by atoms with Crippen molar-refractivity contribution in [1.29, 1.82) is 0 Å². The predicted molar refractivity (Wildman–Crippen MR) is 64.3 cm³/mol. The number of aryl methyl sites for hydroxylation is 1. The first kappa shape index (κ1) is 11.2. The van der Waals surface area contributed by atoms with E-state index >= 15 is 0 Å². The van der Waals surface area contributed by atoms with Crippen LogP contribution in [0.2, 0.25) is 0 Å². The molecular weight excluding hydrogens is 218 g/mol. The number of benzene rings is 1. The van der Waals surface area contributed by atoms with Gasteiger partial charge in [0.1, 0.15) is 5.75 Å².